The van der Waals surface area contributed by atoms with Gasteiger partial charge in [-0.1, -0.05) is 25.7 Å². The van der Waals surface area contributed by atoms with Crippen molar-refractivity contribution in [3.8, 4) is 0 Å². The summed E-state index contributed by atoms with van der Waals surface area (Å²) in [4.78, 5) is 142. The number of rotatable bonds is 17. The number of carbonyl (C=O) groups excluding carboxylic acids is 8. The van der Waals surface area contributed by atoms with Crippen molar-refractivity contribution < 1.29 is 62.4 Å². The number of aliphatic hydroxyl groups is 1. The molecule has 0 aromatic heterocycles. The Morgan fingerprint density at radius 3 is 0.915 bits per heavy atom. The highest BCUT2D eigenvalue weighted by atomic mass is 16.5. The van der Waals surface area contributed by atoms with E-state index in [4.69, 9.17) is 18.9 Å². The normalized spacial score (nSPS) is 25.9. The summed E-state index contributed by atoms with van der Waals surface area (Å²) in [6.45, 7) is 80.2. The number of nitrogens with zero attached hydrogens (tertiary/aromatic N) is 20. The van der Waals surface area contributed by atoms with Crippen LogP contribution in [0.1, 0.15) is 227 Å². The van der Waals surface area contributed by atoms with Gasteiger partial charge < -0.3 is 93.5 Å². The molecule has 1 saturated carbocycles. The summed E-state index contributed by atoms with van der Waals surface area (Å²) < 4.78 is 21.7. The first-order valence-electron chi connectivity index (χ1n) is 56.1. The minimum absolute atomic E-state index is 0.0920. The topological polar surface area (TPSA) is 283 Å². The van der Waals surface area contributed by atoms with Gasteiger partial charge in [0.2, 0.25) is 17.7 Å². The van der Waals surface area contributed by atoms with Crippen molar-refractivity contribution in [2.45, 2.75) is 312 Å². The molecule has 12 amide bonds. The van der Waals surface area contributed by atoms with Gasteiger partial charge in [-0.3, -0.25) is 58.4 Å². The van der Waals surface area contributed by atoms with Gasteiger partial charge in [-0.05, 0) is 221 Å². The van der Waals surface area contributed by atoms with Crippen LogP contribution in [0.5, 0.6) is 0 Å². The second kappa shape index (κ2) is 62.0. The summed E-state index contributed by atoms with van der Waals surface area (Å²) in [5, 5.41) is 16.1. The number of hydrogen-bond acceptors (Lipinski definition) is 23. The molecule has 0 radical (unpaired) electrons. The number of ether oxygens (including phenoxy) is 4. The van der Waals surface area contributed by atoms with Crippen molar-refractivity contribution in [2.75, 3.05) is 309 Å². The second-order valence-corrected chi connectivity index (χ2v) is 44.9. The van der Waals surface area contributed by atoms with Crippen LogP contribution in [0.25, 0.3) is 0 Å². The highest BCUT2D eigenvalue weighted by Gasteiger charge is 2.40. The van der Waals surface area contributed by atoms with E-state index in [1.807, 2.05) is 44.1 Å². The number of amides is 12. The van der Waals surface area contributed by atoms with E-state index in [1.165, 1.54) is 32.1 Å². The van der Waals surface area contributed by atoms with Gasteiger partial charge in [-0.15, -0.1) is 0 Å². The Balaban J connectivity index is 0.000000180. The van der Waals surface area contributed by atoms with Gasteiger partial charge >= 0.3 is 24.1 Å². The SMILES string of the molecule is CC(C)N1CCN(C(=O)C2CCCCC2)CC1.CC(C)N1CCN(C(=O)C2CCCCN2)CC1.CC(C)N1CCN(C(=O)C2CCCO2)CC1.CC(C)N1CCN(C(=O)C2CCNCC2)CC1.CC(C)N1CCN(C(=O)N2CCC(O)C2)CC1.CC(C)OC1CCN(C(=O)N2CCN(C(C)C)CC2)C1.COC1CCN(C(=O)N2CCN(C(C)C)CC2)C1.COCC1CCN(C(=O)N2CCN(C(C)C)CC2)C1. The minimum atomic E-state index is -0.323. The molecule has 0 aromatic rings. The van der Waals surface area contributed by atoms with E-state index in [1.54, 1.807) is 19.1 Å². The van der Waals surface area contributed by atoms with Crippen molar-refractivity contribution >= 4 is 47.8 Å². The molecule has 16 aliphatic rings. The molecule has 0 spiro atoms. The number of aliphatic hydroxyl groups excluding tert-OH is 1. The Morgan fingerprint density at radius 2 is 0.603 bits per heavy atom. The fourth-order valence-electron chi connectivity index (χ4n) is 22.3. The Hall–Kier alpha value is -5.64. The first kappa shape index (κ1) is 119. The number of piperidine rings is 2. The molecule has 814 valence electrons. The maximum atomic E-state index is 12.5. The molecule has 16 rings (SSSR count). The molecular formula is C106H202N22O13. The monoisotopic (exact) mass is 1990 g/mol. The predicted octanol–water partition coefficient (Wildman–Crippen LogP) is 7.84. The van der Waals surface area contributed by atoms with E-state index in [0.29, 0.717) is 91.0 Å². The lowest BCUT2D eigenvalue weighted by atomic mass is 9.88. The molecule has 6 atom stereocenters. The van der Waals surface area contributed by atoms with Crippen LogP contribution in [-0.2, 0) is 38.1 Å². The molecular weight excluding hydrogens is 1790 g/mol. The van der Waals surface area contributed by atoms with Crippen molar-refractivity contribution in [3.05, 3.63) is 0 Å². The maximum absolute atomic E-state index is 12.5. The Morgan fingerprint density at radius 1 is 0.291 bits per heavy atom. The number of methoxy groups -OCH3 is 2. The fourth-order valence-corrected chi connectivity index (χ4v) is 22.3. The van der Waals surface area contributed by atoms with E-state index >= 15 is 0 Å². The average molecular weight is 1990 g/mol. The summed E-state index contributed by atoms with van der Waals surface area (Å²) >= 11 is 0. The van der Waals surface area contributed by atoms with Gasteiger partial charge in [0.1, 0.15) is 6.10 Å². The first-order chi connectivity index (χ1) is 67.5. The Bertz CT molecular complexity index is 3350. The lowest BCUT2D eigenvalue weighted by molar-refractivity contribution is -0.143. The third-order valence-corrected chi connectivity index (χ3v) is 32.2. The van der Waals surface area contributed by atoms with Crippen LogP contribution in [-0.4, -0.2) is 545 Å². The quantitative estimate of drug-likeness (QED) is 0.125. The molecule has 3 N–H and O–H groups in total. The van der Waals surface area contributed by atoms with Gasteiger partial charge in [0.05, 0.1) is 37.1 Å². The zero-order valence-electron chi connectivity index (χ0n) is 92.2. The number of hydrogen-bond donors (Lipinski definition) is 3. The molecule has 141 heavy (non-hydrogen) atoms. The smallest absolute Gasteiger partial charge is 0.320 e. The van der Waals surface area contributed by atoms with E-state index in [9.17, 15) is 43.5 Å². The number of urea groups is 4. The molecule has 16 fully saturated rings. The molecule has 35 heteroatoms. The fraction of sp³-hybridized carbons (Fsp3) is 0.925. The van der Waals surface area contributed by atoms with Crippen molar-refractivity contribution in [2.24, 2.45) is 17.8 Å². The molecule has 0 bridgehead atoms. The van der Waals surface area contributed by atoms with Crippen LogP contribution < -0.4 is 10.6 Å². The third-order valence-electron chi connectivity index (χ3n) is 32.2. The highest BCUT2D eigenvalue weighted by molar-refractivity contribution is 5.83. The lowest BCUT2D eigenvalue weighted by Gasteiger charge is -2.38. The third kappa shape index (κ3) is 38.8. The van der Waals surface area contributed by atoms with Gasteiger partial charge in [-0.25, -0.2) is 19.2 Å². The van der Waals surface area contributed by atoms with E-state index in [0.717, 1.165) is 352 Å². The van der Waals surface area contributed by atoms with Crippen molar-refractivity contribution in [1.82, 2.24) is 109 Å². The summed E-state index contributed by atoms with van der Waals surface area (Å²) in [5.41, 5.74) is 0. The number of likely N-dealkylation sites (tertiary alicyclic amines) is 4. The number of carbonyl (C=O) groups is 8. The van der Waals surface area contributed by atoms with Crippen LogP contribution in [0.3, 0.4) is 0 Å². The van der Waals surface area contributed by atoms with Crippen LogP contribution in [0.2, 0.25) is 0 Å². The molecule has 6 unspecified atom stereocenters. The van der Waals surface area contributed by atoms with Crippen molar-refractivity contribution in [1.29, 1.82) is 0 Å². The lowest BCUT2D eigenvalue weighted by Crippen LogP contribution is -2.55. The van der Waals surface area contributed by atoms with Crippen LogP contribution in [0, 0.1) is 17.8 Å². The van der Waals surface area contributed by atoms with Crippen LogP contribution >= 0.6 is 0 Å². The largest absolute Gasteiger partial charge is 0.391 e. The highest BCUT2D eigenvalue weighted by Crippen LogP contribution is 2.29. The number of piperazine rings is 8. The van der Waals surface area contributed by atoms with E-state index < -0.39 is 0 Å². The van der Waals surface area contributed by atoms with E-state index in [-0.39, 0.29) is 72.5 Å². The molecule has 0 aromatic carbocycles. The van der Waals surface area contributed by atoms with Crippen LogP contribution in [0.15, 0.2) is 0 Å². The predicted molar refractivity (Wildman–Crippen MR) is 562 cm³/mol. The molecule has 1 aliphatic carbocycles. The number of β-amino-alcohol motifs (C(OH)–C–C–N with tert-alkyl or cyclic N) is 1. The van der Waals surface area contributed by atoms with Gasteiger partial charge in [0, 0.05) is 349 Å². The van der Waals surface area contributed by atoms with Crippen molar-refractivity contribution in [3.63, 3.8) is 0 Å². The molecule has 15 heterocycles. The molecule has 15 aliphatic heterocycles. The summed E-state index contributed by atoms with van der Waals surface area (Å²) in [6, 6.07) is 5.49. The van der Waals surface area contributed by atoms with E-state index in [2.05, 4.69) is 184 Å². The zero-order chi connectivity index (χ0) is 102. The zero-order valence-corrected chi connectivity index (χ0v) is 92.2. The molecule has 35 nitrogen and oxygen atoms in total. The molecule has 15 saturated heterocycles. The minimum Gasteiger partial charge on any atom is -0.391 e. The summed E-state index contributed by atoms with van der Waals surface area (Å²) in [5.74, 6) is 2.51. The first-order valence-corrected chi connectivity index (χ1v) is 56.1. The number of nitrogens with one attached hydrogen (secondary N) is 2. The maximum Gasteiger partial charge on any atom is 0.320 e. The average Bonchev–Trinajstić information content (AvgIpc) is 1.29. The van der Waals surface area contributed by atoms with Gasteiger partial charge in [-0.2, -0.15) is 0 Å². The Labute approximate surface area is 853 Å². The van der Waals surface area contributed by atoms with Gasteiger partial charge in [0.25, 0.3) is 5.91 Å². The summed E-state index contributed by atoms with van der Waals surface area (Å²) in [7, 11) is 3.45. The van der Waals surface area contributed by atoms with Gasteiger partial charge in [0.15, 0.2) is 0 Å². The van der Waals surface area contributed by atoms with Crippen LogP contribution in [0.4, 0.5) is 19.2 Å². The second-order valence-electron chi connectivity index (χ2n) is 44.9. The Kier molecular flexibility index (Phi) is 52.3. The summed E-state index contributed by atoms with van der Waals surface area (Å²) in [6.07, 6.45) is 17.4. The standard InChI is InChI=1S/C15H29N3O2.C14H27N3O2.C14H26N2O.C13H25N3O2.2C13H25N3O.C12H23N3O2.C12H22N2O2/c1-12(2)16-7-9-17(10-8-16)15(19)18-6-5-14(11-18)20-13(3)4;1-12(2)15-6-8-16(9-7-15)14(18)17-5-4-13(10-17)11-19-3;1-12(2)15-8-10-16(11-9-15)14(17)13-6-4-3-5-7-13;1-11(2)14-6-8-15(9-7-14)13(17)16-5-4-12(10-16)18-3;1-11(2)15-7-9-16(10-8-15)13(17)12-3-5-14-6-4-12;1-11(2)15-7-9-16(10-8-15)13(17)12-5-3-4-6-14-12;1-10(2)13-5-7-14(8-6-13)12(17)15-4-3-11(16)9-15;1-10(2)13-5-7-14(8-6-13)12(15)11-4-3-9-16-11/h12-14H,5-11H2,1-4H3;12-13H,4-11H2,1-3H3;12-13H,3-11H2,1-2H3;11-12H,4-10H2,1-3H3;2*11-12,14H,3-10H2,1-2H3;10-11,16H,3-9H2,1-2H3;10-11H,3-9H2,1-2H3.